The van der Waals surface area contributed by atoms with E-state index in [0.717, 1.165) is 31.9 Å². The molecule has 1 aromatic rings. The van der Waals surface area contributed by atoms with Gasteiger partial charge in [-0.05, 0) is 19.9 Å². The molecule has 0 saturated carbocycles. The molecule has 1 heterocycles. The van der Waals surface area contributed by atoms with Crippen molar-refractivity contribution in [1.29, 1.82) is 0 Å². The highest BCUT2D eigenvalue weighted by Crippen LogP contribution is 2.14. The third-order valence-corrected chi connectivity index (χ3v) is 2.31. The Bertz CT molecular complexity index is 274. The predicted molar refractivity (Wildman–Crippen MR) is 58.5 cm³/mol. The molecule has 5 nitrogen and oxygen atoms in total. The summed E-state index contributed by atoms with van der Waals surface area (Å²) in [5.41, 5.74) is 1.11. The van der Waals surface area contributed by atoms with Gasteiger partial charge in [-0.2, -0.15) is 0 Å². The second-order valence-corrected chi connectivity index (χ2v) is 3.38. The average molecular weight is 212 g/mol. The highest BCUT2D eigenvalue weighted by molar-refractivity contribution is 5.01. The maximum Gasteiger partial charge on any atom is 0.0754 e. The van der Waals surface area contributed by atoms with Crippen molar-refractivity contribution in [1.82, 2.24) is 20.3 Å². The smallest absolute Gasteiger partial charge is 0.0754 e. The quantitative estimate of drug-likeness (QED) is 0.682. The lowest BCUT2D eigenvalue weighted by Gasteiger charge is -2.17. The zero-order valence-corrected chi connectivity index (χ0v) is 9.73. The fourth-order valence-electron chi connectivity index (χ4n) is 1.56. The fraction of sp³-hybridized carbons (Fsp3) is 0.800. The standard InChI is InChI=1S/C10H20N4O/c1-4-11-9(6-7-15-5-2)10-8-12-13-14(10)3/h8-9,11H,4-7H2,1-3H3. The second-order valence-electron chi connectivity index (χ2n) is 3.38. The number of rotatable bonds is 7. The number of aromatic nitrogens is 3. The monoisotopic (exact) mass is 212 g/mol. The zero-order valence-electron chi connectivity index (χ0n) is 9.73. The van der Waals surface area contributed by atoms with Gasteiger partial charge in [0.1, 0.15) is 0 Å². The van der Waals surface area contributed by atoms with E-state index in [-0.39, 0.29) is 6.04 Å². The Morgan fingerprint density at radius 1 is 1.53 bits per heavy atom. The van der Waals surface area contributed by atoms with Crippen LogP contribution in [0.15, 0.2) is 6.20 Å². The first kappa shape index (κ1) is 12.1. The number of nitrogens with zero attached hydrogens (tertiary/aromatic N) is 3. The largest absolute Gasteiger partial charge is 0.382 e. The zero-order chi connectivity index (χ0) is 11.1. The first-order chi connectivity index (χ1) is 7.29. The van der Waals surface area contributed by atoms with Gasteiger partial charge in [0.05, 0.1) is 17.9 Å². The van der Waals surface area contributed by atoms with Crippen molar-refractivity contribution < 1.29 is 4.74 Å². The highest BCUT2D eigenvalue weighted by atomic mass is 16.5. The van der Waals surface area contributed by atoms with Crippen molar-refractivity contribution >= 4 is 0 Å². The number of hydrogen-bond acceptors (Lipinski definition) is 4. The molecule has 0 fully saturated rings. The molecule has 1 rings (SSSR count). The molecular weight excluding hydrogens is 192 g/mol. The molecule has 0 bridgehead atoms. The van der Waals surface area contributed by atoms with E-state index < -0.39 is 0 Å². The minimum Gasteiger partial charge on any atom is -0.382 e. The van der Waals surface area contributed by atoms with Crippen molar-refractivity contribution in [2.75, 3.05) is 19.8 Å². The molecule has 86 valence electrons. The van der Waals surface area contributed by atoms with E-state index in [0.29, 0.717) is 0 Å². The molecule has 0 radical (unpaired) electrons. The van der Waals surface area contributed by atoms with Crippen molar-refractivity contribution in [2.24, 2.45) is 7.05 Å². The molecule has 0 spiro atoms. The molecular formula is C10H20N4O. The molecule has 0 aliphatic carbocycles. The van der Waals surface area contributed by atoms with E-state index in [9.17, 15) is 0 Å². The van der Waals surface area contributed by atoms with Crippen LogP contribution >= 0.6 is 0 Å². The number of nitrogens with one attached hydrogen (secondary N) is 1. The number of aryl methyl sites for hydroxylation is 1. The Kier molecular flexibility index (Phi) is 5.28. The van der Waals surface area contributed by atoms with Crippen LogP contribution in [0.25, 0.3) is 0 Å². The Hall–Kier alpha value is -0.940. The van der Waals surface area contributed by atoms with Gasteiger partial charge in [0.25, 0.3) is 0 Å². The topological polar surface area (TPSA) is 52.0 Å². The van der Waals surface area contributed by atoms with Crippen LogP contribution in [0, 0.1) is 0 Å². The minimum absolute atomic E-state index is 0.279. The van der Waals surface area contributed by atoms with Gasteiger partial charge in [0.15, 0.2) is 0 Å². The number of hydrogen-bond donors (Lipinski definition) is 1. The molecule has 0 saturated heterocycles. The van der Waals surface area contributed by atoms with Gasteiger partial charge >= 0.3 is 0 Å². The average Bonchev–Trinajstić information content (AvgIpc) is 2.64. The third kappa shape index (κ3) is 3.60. The van der Waals surface area contributed by atoms with Gasteiger partial charge in [-0.25, -0.2) is 0 Å². The summed E-state index contributed by atoms with van der Waals surface area (Å²) in [6, 6.07) is 0.279. The Morgan fingerprint density at radius 2 is 2.33 bits per heavy atom. The summed E-state index contributed by atoms with van der Waals surface area (Å²) in [7, 11) is 1.91. The third-order valence-electron chi connectivity index (χ3n) is 2.31. The Labute approximate surface area is 90.8 Å². The minimum atomic E-state index is 0.279. The van der Waals surface area contributed by atoms with Gasteiger partial charge in [-0.3, -0.25) is 4.68 Å². The Morgan fingerprint density at radius 3 is 2.87 bits per heavy atom. The maximum atomic E-state index is 5.36. The molecule has 1 unspecified atom stereocenters. The summed E-state index contributed by atoms with van der Waals surface area (Å²) in [5.74, 6) is 0. The first-order valence-corrected chi connectivity index (χ1v) is 5.45. The van der Waals surface area contributed by atoms with Crippen LogP contribution in [0.4, 0.5) is 0 Å². The summed E-state index contributed by atoms with van der Waals surface area (Å²) < 4.78 is 7.16. The molecule has 1 aromatic heterocycles. The van der Waals surface area contributed by atoms with E-state index in [1.807, 2.05) is 14.0 Å². The lowest BCUT2D eigenvalue weighted by Crippen LogP contribution is -2.24. The van der Waals surface area contributed by atoms with Crippen LogP contribution in [0.2, 0.25) is 0 Å². The first-order valence-electron chi connectivity index (χ1n) is 5.45. The van der Waals surface area contributed by atoms with Gasteiger partial charge in [0, 0.05) is 20.3 Å². The van der Waals surface area contributed by atoms with Crippen molar-refractivity contribution in [3.8, 4) is 0 Å². The molecule has 0 aromatic carbocycles. The fourth-order valence-corrected chi connectivity index (χ4v) is 1.56. The van der Waals surface area contributed by atoms with Crippen LogP contribution in [-0.2, 0) is 11.8 Å². The van der Waals surface area contributed by atoms with E-state index in [1.165, 1.54) is 0 Å². The van der Waals surface area contributed by atoms with E-state index >= 15 is 0 Å². The van der Waals surface area contributed by atoms with Gasteiger partial charge in [0.2, 0.25) is 0 Å². The Balaban J connectivity index is 2.53. The highest BCUT2D eigenvalue weighted by Gasteiger charge is 2.13. The van der Waals surface area contributed by atoms with Crippen molar-refractivity contribution in [2.45, 2.75) is 26.3 Å². The normalized spacial score (nSPS) is 13.0. The van der Waals surface area contributed by atoms with Crippen LogP contribution in [0.3, 0.4) is 0 Å². The van der Waals surface area contributed by atoms with E-state index in [4.69, 9.17) is 4.74 Å². The molecule has 1 N–H and O–H groups in total. The van der Waals surface area contributed by atoms with E-state index in [1.54, 1.807) is 10.9 Å². The van der Waals surface area contributed by atoms with Gasteiger partial charge in [-0.1, -0.05) is 12.1 Å². The molecule has 0 aliphatic rings. The maximum absolute atomic E-state index is 5.36. The lowest BCUT2D eigenvalue weighted by molar-refractivity contribution is 0.135. The summed E-state index contributed by atoms with van der Waals surface area (Å²) >= 11 is 0. The summed E-state index contributed by atoms with van der Waals surface area (Å²) in [6.07, 6.45) is 2.75. The predicted octanol–water partition coefficient (Wildman–Crippen LogP) is 0.892. The molecule has 0 aliphatic heterocycles. The van der Waals surface area contributed by atoms with Crippen molar-refractivity contribution in [3.05, 3.63) is 11.9 Å². The number of ether oxygens (including phenoxy) is 1. The summed E-state index contributed by atoms with van der Waals surface area (Å²) in [4.78, 5) is 0. The summed E-state index contributed by atoms with van der Waals surface area (Å²) in [5, 5.41) is 11.2. The van der Waals surface area contributed by atoms with Crippen LogP contribution in [-0.4, -0.2) is 34.8 Å². The van der Waals surface area contributed by atoms with Crippen LogP contribution in [0.1, 0.15) is 32.0 Å². The van der Waals surface area contributed by atoms with Crippen LogP contribution in [0.5, 0.6) is 0 Å². The lowest BCUT2D eigenvalue weighted by atomic mass is 10.1. The molecule has 0 amide bonds. The van der Waals surface area contributed by atoms with Gasteiger partial charge < -0.3 is 10.1 Å². The molecule has 1 atom stereocenters. The summed E-state index contributed by atoms with van der Waals surface area (Å²) in [6.45, 7) is 6.56. The van der Waals surface area contributed by atoms with E-state index in [2.05, 4.69) is 22.6 Å². The van der Waals surface area contributed by atoms with Crippen molar-refractivity contribution in [3.63, 3.8) is 0 Å². The second kappa shape index (κ2) is 6.53. The molecule has 15 heavy (non-hydrogen) atoms. The van der Waals surface area contributed by atoms with Gasteiger partial charge in [-0.15, -0.1) is 5.10 Å². The SMILES string of the molecule is CCNC(CCOCC)c1cnnn1C. The van der Waals surface area contributed by atoms with Crippen LogP contribution < -0.4 is 5.32 Å². The molecule has 5 heteroatoms.